The maximum atomic E-state index is 11.9. The number of ether oxygens (including phenoxy) is 2. The highest BCUT2D eigenvalue weighted by atomic mass is 16.5. The zero-order chi connectivity index (χ0) is 21.6. The van der Waals surface area contributed by atoms with Gasteiger partial charge in [0.2, 0.25) is 0 Å². The third kappa shape index (κ3) is 5.25. The van der Waals surface area contributed by atoms with Crippen LogP contribution in [0.3, 0.4) is 0 Å². The van der Waals surface area contributed by atoms with Crippen molar-refractivity contribution in [2.24, 2.45) is 0 Å². The maximum absolute atomic E-state index is 11.9. The quantitative estimate of drug-likeness (QED) is 0.491. The standard InChI is InChI=1S/C24H29N3O4/c1-30-23-7-6-17(12-19(23)16-27-8-10-31-11-9-27)14-25-22(24(28)29)13-18-15-26-21-5-3-2-4-20(18)21/h2-7,12,15,22,25-26H,8-11,13-14,16H2,1H3,(H,28,29). The van der Waals surface area contributed by atoms with Crippen molar-refractivity contribution in [3.05, 3.63) is 65.4 Å². The number of fused-ring (bicyclic) bond motifs is 1. The van der Waals surface area contributed by atoms with Gasteiger partial charge in [-0.2, -0.15) is 0 Å². The zero-order valence-electron chi connectivity index (χ0n) is 17.8. The lowest BCUT2D eigenvalue weighted by molar-refractivity contribution is -0.139. The summed E-state index contributed by atoms with van der Waals surface area (Å²) in [6.45, 7) is 4.56. The van der Waals surface area contributed by atoms with Crippen LogP contribution in [0.2, 0.25) is 0 Å². The first kappa shape index (κ1) is 21.4. The number of nitrogens with zero attached hydrogens (tertiary/aromatic N) is 1. The first-order valence-corrected chi connectivity index (χ1v) is 10.6. The number of carboxylic acid groups (broad SMARTS) is 1. The SMILES string of the molecule is COc1ccc(CNC(Cc2c[nH]c3ccccc23)C(=O)O)cc1CN1CCOCC1. The molecule has 0 aliphatic carbocycles. The van der Waals surface area contributed by atoms with Gasteiger partial charge in [-0.3, -0.25) is 9.69 Å². The summed E-state index contributed by atoms with van der Waals surface area (Å²) in [6.07, 6.45) is 2.31. The molecule has 1 aliphatic heterocycles. The van der Waals surface area contributed by atoms with Gasteiger partial charge in [0.15, 0.2) is 0 Å². The lowest BCUT2D eigenvalue weighted by Crippen LogP contribution is -2.38. The van der Waals surface area contributed by atoms with Gasteiger partial charge in [0, 0.05) is 55.3 Å². The highest BCUT2D eigenvalue weighted by molar-refractivity contribution is 5.84. The zero-order valence-corrected chi connectivity index (χ0v) is 17.8. The Balaban J connectivity index is 1.44. The van der Waals surface area contributed by atoms with Gasteiger partial charge in [0.25, 0.3) is 0 Å². The minimum absolute atomic E-state index is 0.413. The number of rotatable bonds is 9. The van der Waals surface area contributed by atoms with Gasteiger partial charge in [-0.25, -0.2) is 0 Å². The first-order chi connectivity index (χ1) is 15.1. The number of methoxy groups -OCH3 is 1. The van der Waals surface area contributed by atoms with Gasteiger partial charge in [0.05, 0.1) is 20.3 Å². The fraction of sp³-hybridized carbons (Fsp3) is 0.375. The summed E-state index contributed by atoms with van der Waals surface area (Å²) in [4.78, 5) is 17.5. The number of carboxylic acids is 1. The summed E-state index contributed by atoms with van der Waals surface area (Å²) >= 11 is 0. The molecule has 31 heavy (non-hydrogen) atoms. The molecule has 1 fully saturated rings. The Labute approximate surface area is 182 Å². The molecule has 0 bridgehead atoms. The van der Waals surface area contributed by atoms with Crippen molar-refractivity contribution in [3.63, 3.8) is 0 Å². The molecule has 1 aliphatic rings. The van der Waals surface area contributed by atoms with Crippen LogP contribution in [0, 0.1) is 0 Å². The second-order valence-electron chi connectivity index (χ2n) is 7.87. The van der Waals surface area contributed by atoms with Crippen molar-refractivity contribution in [3.8, 4) is 5.75 Å². The molecular weight excluding hydrogens is 394 g/mol. The second-order valence-corrected chi connectivity index (χ2v) is 7.87. The van der Waals surface area contributed by atoms with Crippen LogP contribution < -0.4 is 10.1 Å². The van der Waals surface area contributed by atoms with E-state index in [1.54, 1.807) is 7.11 Å². The summed E-state index contributed by atoms with van der Waals surface area (Å²) in [5.41, 5.74) is 4.16. The van der Waals surface area contributed by atoms with Crippen LogP contribution in [0.4, 0.5) is 0 Å². The molecule has 0 radical (unpaired) electrons. The number of nitrogens with one attached hydrogen (secondary N) is 2. The number of carbonyl (C=O) groups is 1. The predicted octanol–water partition coefficient (Wildman–Crippen LogP) is 2.79. The van der Waals surface area contributed by atoms with Gasteiger partial charge in [0.1, 0.15) is 11.8 Å². The third-order valence-corrected chi connectivity index (χ3v) is 5.79. The van der Waals surface area contributed by atoms with Gasteiger partial charge in [-0.1, -0.05) is 24.3 Å². The lowest BCUT2D eigenvalue weighted by atomic mass is 10.0. The molecule has 3 N–H and O–H groups in total. The van der Waals surface area contributed by atoms with Crippen LogP contribution in [-0.2, 0) is 29.0 Å². The topological polar surface area (TPSA) is 86.8 Å². The van der Waals surface area contributed by atoms with Crippen molar-refractivity contribution in [2.45, 2.75) is 25.6 Å². The Bertz CT molecular complexity index is 1030. The number of aromatic nitrogens is 1. The summed E-state index contributed by atoms with van der Waals surface area (Å²) in [7, 11) is 1.68. The smallest absolute Gasteiger partial charge is 0.321 e. The summed E-state index contributed by atoms with van der Waals surface area (Å²) in [6, 6.07) is 13.3. The van der Waals surface area contributed by atoms with Crippen molar-refractivity contribution in [2.75, 3.05) is 33.4 Å². The molecule has 7 nitrogen and oxygen atoms in total. The Kier molecular flexibility index (Phi) is 6.86. The number of hydrogen-bond donors (Lipinski definition) is 3. The van der Waals surface area contributed by atoms with E-state index in [-0.39, 0.29) is 0 Å². The fourth-order valence-corrected chi connectivity index (χ4v) is 4.07. The molecule has 164 valence electrons. The maximum Gasteiger partial charge on any atom is 0.321 e. The van der Waals surface area contributed by atoms with Gasteiger partial charge in [-0.15, -0.1) is 0 Å². The molecule has 1 atom stereocenters. The first-order valence-electron chi connectivity index (χ1n) is 10.6. The fourth-order valence-electron chi connectivity index (χ4n) is 4.07. The molecular formula is C24H29N3O4. The molecule has 0 amide bonds. The summed E-state index contributed by atoms with van der Waals surface area (Å²) in [5, 5.41) is 14.0. The average Bonchev–Trinajstić information content (AvgIpc) is 3.20. The summed E-state index contributed by atoms with van der Waals surface area (Å²) < 4.78 is 11.0. The van der Waals surface area contributed by atoms with E-state index in [2.05, 4.69) is 21.3 Å². The molecule has 0 saturated carbocycles. The largest absolute Gasteiger partial charge is 0.496 e. The average molecular weight is 424 g/mol. The molecule has 3 aromatic rings. The minimum Gasteiger partial charge on any atom is -0.496 e. The van der Waals surface area contributed by atoms with E-state index < -0.39 is 12.0 Å². The van der Waals surface area contributed by atoms with E-state index in [1.165, 1.54) is 0 Å². The summed E-state index contributed by atoms with van der Waals surface area (Å²) in [5.74, 6) is -0.00356. The van der Waals surface area contributed by atoms with Crippen LogP contribution in [-0.4, -0.2) is 60.4 Å². The normalized spacial score (nSPS) is 15.8. The Morgan fingerprint density at radius 3 is 2.81 bits per heavy atom. The number of aliphatic carboxylic acids is 1. The van der Waals surface area contributed by atoms with E-state index >= 15 is 0 Å². The molecule has 7 heteroatoms. The van der Waals surface area contributed by atoms with Crippen molar-refractivity contribution < 1.29 is 19.4 Å². The van der Waals surface area contributed by atoms with Crippen molar-refractivity contribution in [1.29, 1.82) is 0 Å². The van der Waals surface area contributed by atoms with E-state index in [0.717, 1.165) is 66.2 Å². The molecule has 1 aromatic heterocycles. The van der Waals surface area contributed by atoms with Gasteiger partial charge in [-0.05, 0) is 29.3 Å². The van der Waals surface area contributed by atoms with Gasteiger partial charge >= 0.3 is 5.97 Å². The van der Waals surface area contributed by atoms with E-state index in [0.29, 0.717) is 13.0 Å². The molecule has 1 saturated heterocycles. The molecule has 0 spiro atoms. The highest BCUT2D eigenvalue weighted by Crippen LogP contribution is 2.23. The van der Waals surface area contributed by atoms with E-state index in [1.807, 2.05) is 42.6 Å². The minimum atomic E-state index is -0.854. The molecule has 1 unspecified atom stereocenters. The van der Waals surface area contributed by atoms with Crippen LogP contribution >= 0.6 is 0 Å². The van der Waals surface area contributed by atoms with Crippen LogP contribution in [0.15, 0.2) is 48.7 Å². The number of hydrogen-bond acceptors (Lipinski definition) is 5. The number of aromatic amines is 1. The third-order valence-electron chi connectivity index (χ3n) is 5.79. The van der Waals surface area contributed by atoms with E-state index in [9.17, 15) is 9.90 Å². The number of para-hydroxylation sites is 1. The van der Waals surface area contributed by atoms with Crippen molar-refractivity contribution >= 4 is 16.9 Å². The van der Waals surface area contributed by atoms with Crippen LogP contribution in [0.5, 0.6) is 5.75 Å². The number of H-pyrrole nitrogens is 1. The number of benzene rings is 2. The number of morpholine rings is 1. The Morgan fingerprint density at radius 1 is 1.23 bits per heavy atom. The highest BCUT2D eigenvalue weighted by Gasteiger charge is 2.20. The lowest BCUT2D eigenvalue weighted by Gasteiger charge is -2.27. The molecule has 2 heterocycles. The predicted molar refractivity (Wildman–Crippen MR) is 119 cm³/mol. The second kappa shape index (κ2) is 9.96. The van der Waals surface area contributed by atoms with Crippen molar-refractivity contribution in [1.82, 2.24) is 15.2 Å². The Morgan fingerprint density at radius 2 is 2.03 bits per heavy atom. The van der Waals surface area contributed by atoms with Crippen LogP contribution in [0.25, 0.3) is 10.9 Å². The van der Waals surface area contributed by atoms with E-state index in [4.69, 9.17) is 9.47 Å². The monoisotopic (exact) mass is 423 g/mol. The Hall–Kier alpha value is -2.87. The molecule has 2 aromatic carbocycles. The van der Waals surface area contributed by atoms with Gasteiger partial charge < -0.3 is 24.9 Å². The molecule has 4 rings (SSSR count). The van der Waals surface area contributed by atoms with Crippen LogP contribution in [0.1, 0.15) is 16.7 Å².